The molecule has 5 heteroatoms. The Bertz CT molecular complexity index is 376. The quantitative estimate of drug-likeness (QED) is 0.445. The summed E-state index contributed by atoms with van der Waals surface area (Å²) in [6.07, 6.45) is 0. The molecule has 0 spiro atoms. The monoisotopic (exact) mass is 211 g/mol. The SMILES string of the molecule is CCOc1cc(O)c(N)c(C(=O)OC)c1. The van der Waals surface area contributed by atoms with E-state index in [9.17, 15) is 9.90 Å². The summed E-state index contributed by atoms with van der Waals surface area (Å²) in [7, 11) is 1.24. The number of carbonyl (C=O) groups excluding carboxylic acids is 1. The second-order valence-corrected chi connectivity index (χ2v) is 2.83. The fourth-order valence-electron chi connectivity index (χ4n) is 1.14. The highest BCUT2D eigenvalue weighted by atomic mass is 16.5. The van der Waals surface area contributed by atoms with Crippen molar-refractivity contribution in [1.82, 2.24) is 0 Å². The average molecular weight is 211 g/mol. The maximum absolute atomic E-state index is 11.3. The first-order valence-electron chi connectivity index (χ1n) is 4.43. The molecule has 0 atom stereocenters. The van der Waals surface area contributed by atoms with Gasteiger partial charge in [-0.25, -0.2) is 4.79 Å². The number of carbonyl (C=O) groups is 1. The van der Waals surface area contributed by atoms with Crippen molar-refractivity contribution in [2.75, 3.05) is 19.5 Å². The summed E-state index contributed by atoms with van der Waals surface area (Å²) in [5.74, 6) is -0.421. The molecule has 0 bridgehead atoms. The highest BCUT2D eigenvalue weighted by Crippen LogP contribution is 2.30. The fourth-order valence-corrected chi connectivity index (χ4v) is 1.14. The molecule has 1 aromatic rings. The van der Waals surface area contributed by atoms with E-state index in [1.165, 1.54) is 19.2 Å². The summed E-state index contributed by atoms with van der Waals surface area (Å²) >= 11 is 0. The molecule has 15 heavy (non-hydrogen) atoms. The summed E-state index contributed by atoms with van der Waals surface area (Å²) in [4.78, 5) is 11.3. The summed E-state index contributed by atoms with van der Waals surface area (Å²) in [6.45, 7) is 2.23. The highest BCUT2D eigenvalue weighted by molar-refractivity contribution is 5.97. The van der Waals surface area contributed by atoms with E-state index in [4.69, 9.17) is 10.5 Å². The van der Waals surface area contributed by atoms with Crippen LogP contribution >= 0.6 is 0 Å². The van der Waals surface area contributed by atoms with Crippen LogP contribution in [0.15, 0.2) is 12.1 Å². The van der Waals surface area contributed by atoms with E-state index in [1.807, 2.05) is 0 Å². The van der Waals surface area contributed by atoms with Gasteiger partial charge in [-0.1, -0.05) is 0 Å². The number of aromatic hydroxyl groups is 1. The van der Waals surface area contributed by atoms with Crippen molar-refractivity contribution in [2.24, 2.45) is 0 Å². The van der Waals surface area contributed by atoms with Crippen LogP contribution < -0.4 is 10.5 Å². The van der Waals surface area contributed by atoms with Gasteiger partial charge in [0.1, 0.15) is 11.5 Å². The van der Waals surface area contributed by atoms with Crippen LogP contribution in [0.5, 0.6) is 11.5 Å². The Hall–Kier alpha value is -1.91. The van der Waals surface area contributed by atoms with E-state index in [0.29, 0.717) is 12.4 Å². The lowest BCUT2D eigenvalue weighted by Gasteiger charge is -2.09. The number of ether oxygens (including phenoxy) is 2. The Morgan fingerprint density at radius 2 is 2.20 bits per heavy atom. The maximum atomic E-state index is 11.3. The molecule has 0 aliphatic carbocycles. The fraction of sp³-hybridized carbons (Fsp3) is 0.300. The third-order valence-corrected chi connectivity index (χ3v) is 1.85. The Morgan fingerprint density at radius 3 is 2.73 bits per heavy atom. The molecule has 1 aromatic carbocycles. The van der Waals surface area contributed by atoms with Gasteiger partial charge in [0.25, 0.3) is 0 Å². The minimum absolute atomic E-state index is 0.00898. The van der Waals surface area contributed by atoms with E-state index in [2.05, 4.69) is 4.74 Å². The number of anilines is 1. The van der Waals surface area contributed by atoms with Crippen LogP contribution in [0.25, 0.3) is 0 Å². The Morgan fingerprint density at radius 1 is 1.53 bits per heavy atom. The minimum Gasteiger partial charge on any atom is -0.506 e. The summed E-state index contributed by atoms with van der Waals surface area (Å²) in [6, 6.07) is 2.79. The van der Waals surface area contributed by atoms with Gasteiger partial charge in [-0.05, 0) is 13.0 Å². The Kier molecular flexibility index (Phi) is 3.38. The van der Waals surface area contributed by atoms with Crippen molar-refractivity contribution in [2.45, 2.75) is 6.92 Å². The van der Waals surface area contributed by atoms with E-state index < -0.39 is 5.97 Å². The molecule has 1 rings (SSSR count). The molecule has 0 aromatic heterocycles. The topological polar surface area (TPSA) is 81.8 Å². The van der Waals surface area contributed by atoms with E-state index in [1.54, 1.807) is 6.92 Å². The first-order chi connectivity index (χ1) is 7.10. The van der Waals surface area contributed by atoms with Crippen LogP contribution in [0.3, 0.4) is 0 Å². The maximum Gasteiger partial charge on any atom is 0.340 e. The van der Waals surface area contributed by atoms with Crippen molar-refractivity contribution < 1.29 is 19.4 Å². The van der Waals surface area contributed by atoms with Gasteiger partial charge in [-0.2, -0.15) is 0 Å². The largest absolute Gasteiger partial charge is 0.506 e. The molecule has 0 aliphatic rings. The van der Waals surface area contributed by atoms with Gasteiger partial charge in [0.2, 0.25) is 0 Å². The van der Waals surface area contributed by atoms with Crippen LogP contribution in [0.4, 0.5) is 5.69 Å². The second kappa shape index (κ2) is 4.54. The zero-order valence-electron chi connectivity index (χ0n) is 8.61. The lowest BCUT2D eigenvalue weighted by molar-refractivity contribution is 0.0601. The molecule has 0 heterocycles. The highest BCUT2D eigenvalue weighted by Gasteiger charge is 2.15. The first-order valence-corrected chi connectivity index (χ1v) is 4.43. The Labute approximate surface area is 87.4 Å². The number of phenolic OH excluding ortho intramolecular Hbond substituents is 1. The smallest absolute Gasteiger partial charge is 0.340 e. The van der Waals surface area contributed by atoms with Crippen molar-refractivity contribution in [3.8, 4) is 11.5 Å². The lowest BCUT2D eigenvalue weighted by atomic mass is 10.1. The first kappa shape index (κ1) is 11.2. The zero-order valence-corrected chi connectivity index (χ0v) is 8.61. The number of hydrogen-bond acceptors (Lipinski definition) is 5. The van der Waals surface area contributed by atoms with E-state index in [0.717, 1.165) is 0 Å². The van der Waals surface area contributed by atoms with Gasteiger partial charge < -0.3 is 20.3 Å². The summed E-state index contributed by atoms with van der Waals surface area (Å²) in [5, 5.41) is 9.44. The second-order valence-electron chi connectivity index (χ2n) is 2.83. The summed E-state index contributed by atoms with van der Waals surface area (Å²) < 4.78 is 9.67. The van der Waals surface area contributed by atoms with Crippen molar-refractivity contribution in [3.05, 3.63) is 17.7 Å². The molecule has 0 radical (unpaired) electrons. The molecule has 3 N–H and O–H groups in total. The minimum atomic E-state index is -0.607. The van der Waals surface area contributed by atoms with Gasteiger partial charge in [0.15, 0.2) is 0 Å². The molecule has 0 fully saturated rings. The van der Waals surface area contributed by atoms with Gasteiger partial charge in [-0.15, -0.1) is 0 Å². The number of methoxy groups -OCH3 is 1. The number of nitrogens with two attached hydrogens (primary N) is 1. The molecule has 0 amide bonds. The van der Waals surface area contributed by atoms with Gasteiger partial charge in [0, 0.05) is 6.07 Å². The van der Waals surface area contributed by atoms with Crippen molar-refractivity contribution in [3.63, 3.8) is 0 Å². The van der Waals surface area contributed by atoms with Gasteiger partial charge in [0.05, 0.1) is 25.0 Å². The lowest BCUT2D eigenvalue weighted by Crippen LogP contribution is -2.06. The third-order valence-electron chi connectivity index (χ3n) is 1.85. The third kappa shape index (κ3) is 2.31. The molecule has 0 aliphatic heterocycles. The molecule has 0 saturated heterocycles. The molecular formula is C10H13NO4. The molecule has 0 unspecified atom stereocenters. The van der Waals surface area contributed by atoms with Crippen LogP contribution in [-0.4, -0.2) is 24.8 Å². The van der Waals surface area contributed by atoms with Crippen LogP contribution in [0.2, 0.25) is 0 Å². The summed E-state index contributed by atoms with van der Waals surface area (Å²) in [5.41, 5.74) is 5.61. The van der Waals surface area contributed by atoms with Crippen LogP contribution in [0.1, 0.15) is 17.3 Å². The average Bonchev–Trinajstić information content (AvgIpc) is 2.22. The van der Waals surface area contributed by atoms with E-state index in [-0.39, 0.29) is 17.0 Å². The van der Waals surface area contributed by atoms with Crippen LogP contribution in [-0.2, 0) is 4.74 Å². The Balaban J connectivity index is 3.18. The predicted octanol–water partition coefficient (Wildman–Crippen LogP) is 1.16. The molecular weight excluding hydrogens is 198 g/mol. The molecule has 82 valence electrons. The van der Waals surface area contributed by atoms with Gasteiger partial charge in [-0.3, -0.25) is 0 Å². The van der Waals surface area contributed by atoms with Gasteiger partial charge >= 0.3 is 5.97 Å². The van der Waals surface area contributed by atoms with E-state index >= 15 is 0 Å². The molecule has 5 nitrogen and oxygen atoms in total. The van der Waals surface area contributed by atoms with Crippen LogP contribution in [0, 0.1) is 0 Å². The number of rotatable bonds is 3. The number of phenols is 1. The zero-order chi connectivity index (χ0) is 11.4. The number of hydrogen-bond donors (Lipinski definition) is 2. The number of esters is 1. The number of benzene rings is 1. The van der Waals surface area contributed by atoms with Crippen molar-refractivity contribution >= 4 is 11.7 Å². The van der Waals surface area contributed by atoms with Crippen molar-refractivity contribution in [1.29, 1.82) is 0 Å². The predicted molar refractivity (Wildman–Crippen MR) is 55.0 cm³/mol. The number of nitrogen functional groups attached to an aromatic ring is 1. The normalized spacial score (nSPS) is 9.73. The standard InChI is InChI=1S/C10H13NO4/c1-3-15-6-4-7(10(13)14-2)9(11)8(12)5-6/h4-5,12H,3,11H2,1-2H3. The molecule has 0 saturated carbocycles.